The molecule has 2 aromatic rings. The van der Waals surface area contributed by atoms with Gasteiger partial charge in [-0.15, -0.1) is 0 Å². The predicted octanol–water partition coefficient (Wildman–Crippen LogP) is 3.42. The largest absolute Gasteiger partial charge is 0.398 e. The van der Waals surface area contributed by atoms with Crippen molar-refractivity contribution in [1.29, 1.82) is 0 Å². The Hall–Kier alpha value is -1.68. The fourth-order valence-corrected chi connectivity index (χ4v) is 2.83. The van der Waals surface area contributed by atoms with Gasteiger partial charge in [-0.05, 0) is 33.6 Å². The van der Waals surface area contributed by atoms with Gasteiger partial charge in [0.1, 0.15) is 0 Å². The molecule has 0 spiro atoms. The SMILES string of the molecule is Nc1ccc2c(c1Br)N(Cc1ccccc1)CN2. The Morgan fingerprint density at radius 1 is 1.17 bits per heavy atom. The summed E-state index contributed by atoms with van der Waals surface area (Å²) in [4.78, 5) is 2.28. The summed E-state index contributed by atoms with van der Waals surface area (Å²) < 4.78 is 0.973. The van der Waals surface area contributed by atoms with Crippen LogP contribution in [0.1, 0.15) is 5.56 Å². The van der Waals surface area contributed by atoms with E-state index in [1.54, 1.807) is 0 Å². The maximum Gasteiger partial charge on any atom is 0.0881 e. The van der Waals surface area contributed by atoms with Gasteiger partial charge in [0, 0.05) is 12.2 Å². The van der Waals surface area contributed by atoms with E-state index >= 15 is 0 Å². The molecule has 0 saturated carbocycles. The number of hydrogen-bond donors (Lipinski definition) is 2. The van der Waals surface area contributed by atoms with Crippen LogP contribution in [0.2, 0.25) is 0 Å². The van der Waals surface area contributed by atoms with Gasteiger partial charge in [-0.3, -0.25) is 0 Å². The lowest BCUT2D eigenvalue weighted by molar-refractivity contribution is 0.870. The summed E-state index contributed by atoms with van der Waals surface area (Å²) >= 11 is 3.58. The number of rotatable bonds is 2. The molecule has 4 heteroatoms. The summed E-state index contributed by atoms with van der Waals surface area (Å²) in [6, 6.07) is 14.4. The van der Waals surface area contributed by atoms with Gasteiger partial charge < -0.3 is 16.0 Å². The average molecular weight is 304 g/mol. The lowest BCUT2D eigenvalue weighted by Crippen LogP contribution is -2.22. The van der Waals surface area contributed by atoms with Gasteiger partial charge in [0.05, 0.1) is 22.5 Å². The Balaban J connectivity index is 1.93. The van der Waals surface area contributed by atoms with Crippen LogP contribution in [0, 0.1) is 0 Å². The zero-order chi connectivity index (χ0) is 12.5. The molecular formula is C14H14BrN3. The molecule has 1 heterocycles. The Bertz CT molecular complexity index is 569. The van der Waals surface area contributed by atoms with Crippen molar-refractivity contribution in [1.82, 2.24) is 0 Å². The Labute approximate surface area is 115 Å². The molecule has 0 unspecified atom stereocenters. The Morgan fingerprint density at radius 3 is 2.72 bits per heavy atom. The van der Waals surface area contributed by atoms with E-state index in [0.29, 0.717) is 0 Å². The zero-order valence-corrected chi connectivity index (χ0v) is 11.4. The lowest BCUT2D eigenvalue weighted by atomic mass is 10.2. The third-order valence-electron chi connectivity index (χ3n) is 3.14. The first-order valence-corrected chi connectivity index (χ1v) is 6.66. The number of anilines is 3. The van der Waals surface area contributed by atoms with E-state index < -0.39 is 0 Å². The van der Waals surface area contributed by atoms with Gasteiger partial charge >= 0.3 is 0 Å². The van der Waals surface area contributed by atoms with E-state index in [1.165, 1.54) is 5.56 Å². The zero-order valence-electron chi connectivity index (χ0n) is 9.86. The molecule has 0 saturated heterocycles. The van der Waals surface area contributed by atoms with Crippen LogP contribution in [-0.2, 0) is 6.54 Å². The third-order valence-corrected chi connectivity index (χ3v) is 3.97. The number of nitrogens with zero attached hydrogens (tertiary/aromatic N) is 1. The molecule has 0 atom stereocenters. The van der Waals surface area contributed by atoms with E-state index in [4.69, 9.17) is 5.73 Å². The lowest BCUT2D eigenvalue weighted by Gasteiger charge is -2.19. The normalized spacial score (nSPS) is 13.3. The first-order valence-electron chi connectivity index (χ1n) is 5.86. The van der Waals surface area contributed by atoms with Gasteiger partial charge in [-0.25, -0.2) is 0 Å². The number of nitrogen functional groups attached to an aromatic ring is 1. The highest BCUT2D eigenvalue weighted by molar-refractivity contribution is 9.10. The quantitative estimate of drug-likeness (QED) is 0.835. The van der Waals surface area contributed by atoms with E-state index in [1.807, 2.05) is 18.2 Å². The van der Waals surface area contributed by atoms with Crippen molar-refractivity contribution in [3.8, 4) is 0 Å². The minimum absolute atomic E-state index is 0.774. The molecule has 92 valence electrons. The first kappa shape index (κ1) is 11.4. The van der Waals surface area contributed by atoms with E-state index in [2.05, 4.69) is 50.4 Å². The first-order chi connectivity index (χ1) is 8.75. The second-order valence-electron chi connectivity index (χ2n) is 4.38. The van der Waals surface area contributed by atoms with Gasteiger partial charge in [0.25, 0.3) is 0 Å². The second-order valence-corrected chi connectivity index (χ2v) is 5.18. The van der Waals surface area contributed by atoms with Crippen LogP contribution < -0.4 is 16.0 Å². The van der Waals surface area contributed by atoms with Gasteiger partial charge in [0.15, 0.2) is 0 Å². The maximum absolute atomic E-state index is 5.95. The number of nitrogens with one attached hydrogen (secondary N) is 1. The molecule has 0 radical (unpaired) electrons. The van der Waals surface area contributed by atoms with E-state index in [-0.39, 0.29) is 0 Å². The van der Waals surface area contributed by atoms with E-state index in [0.717, 1.165) is 34.7 Å². The minimum Gasteiger partial charge on any atom is -0.398 e. The molecule has 0 aromatic heterocycles. The fraction of sp³-hybridized carbons (Fsp3) is 0.143. The average Bonchev–Trinajstić information content (AvgIpc) is 2.79. The number of hydrogen-bond acceptors (Lipinski definition) is 3. The highest BCUT2D eigenvalue weighted by atomic mass is 79.9. The molecular weight excluding hydrogens is 290 g/mol. The van der Waals surface area contributed by atoms with Crippen LogP contribution in [0.25, 0.3) is 0 Å². The molecule has 1 aliphatic rings. The smallest absolute Gasteiger partial charge is 0.0881 e. The van der Waals surface area contributed by atoms with Crippen molar-refractivity contribution in [3.63, 3.8) is 0 Å². The molecule has 2 aromatic carbocycles. The van der Waals surface area contributed by atoms with Gasteiger partial charge in [-0.1, -0.05) is 30.3 Å². The van der Waals surface area contributed by atoms with Crippen molar-refractivity contribution in [2.75, 3.05) is 22.6 Å². The van der Waals surface area contributed by atoms with Gasteiger partial charge in [0.2, 0.25) is 0 Å². The topological polar surface area (TPSA) is 41.3 Å². The second kappa shape index (κ2) is 4.53. The summed E-state index contributed by atoms with van der Waals surface area (Å²) in [5.74, 6) is 0. The molecule has 3 N–H and O–H groups in total. The van der Waals surface area contributed by atoms with Crippen molar-refractivity contribution >= 4 is 33.0 Å². The maximum atomic E-state index is 5.95. The van der Waals surface area contributed by atoms with Crippen molar-refractivity contribution in [3.05, 3.63) is 52.5 Å². The summed E-state index contributed by atoms with van der Waals surface area (Å²) in [7, 11) is 0. The molecule has 18 heavy (non-hydrogen) atoms. The van der Waals surface area contributed by atoms with Crippen molar-refractivity contribution < 1.29 is 0 Å². The van der Waals surface area contributed by atoms with Crippen LogP contribution in [0.4, 0.5) is 17.1 Å². The van der Waals surface area contributed by atoms with Crippen LogP contribution in [-0.4, -0.2) is 6.67 Å². The van der Waals surface area contributed by atoms with E-state index in [9.17, 15) is 0 Å². The summed E-state index contributed by atoms with van der Waals surface area (Å²) in [6.45, 7) is 1.69. The van der Waals surface area contributed by atoms with Crippen molar-refractivity contribution in [2.45, 2.75) is 6.54 Å². The highest BCUT2D eigenvalue weighted by Gasteiger charge is 2.22. The van der Waals surface area contributed by atoms with Crippen LogP contribution in [0.15, 0.2) is 46.9 Å². The van der Waals surface area contributed by atoms with Gasteiger partial charge in [-0.2, -0.15) is 0 Å². The summed E-state index contributed by atoms with van der Waals surface area (Å²) in [5, 5.41) is 3.38. The Kier molecular flexibility index (Phi) is 2.88. The summed E-state index contributed by atoms with van der Waals surface area (Å²) in [5.41, 5.74) is 10.3. The molecule has 1 aliphatic heterocycles. The van der Waals surface area contributed by atoms with Crippen LogP contribution in [0.5, 0.6) is 0 Å². The number of nitrogens with two attached hydrogens (primary N) is 1. The third kappa shape index (κ3) is 1.93. The predicted molar refractivity (Wildman–Crippen MR) is 79.7 cm³/mol. The monoisotopic (exact) mass is 303 g/mol. The highest BCUT2D eigenvalue weighted by Crippen LogP contribution is 2.41. The van der Waals surface area contributed by atoms with Crippen LogP contribution >= 0.6 is 15.9 Å². The van der Waals surface area contributed by atoms with Crippen molar-refractivity contribution in [2.24, 2.45) is 0 Å². The summed E-state index contributed by atoms with van der Waals surface area (Å²) in [6.07, 6.45) is 0. The minimum atomic E-state index is 0.774. The number of fused-ring (bicyclic) bond motifs is 1. The molecule has 3 rings (SSSR count). The molecule has 3 nitrogen and oxygen atoms in total. The molecule has 0 amide bonds. The number of benzene rings is 2. The molecule has 0 fully saturated rings. The standard InChI is InChI=1S/C14H14BrN3/c15-13-11(16)6-7-12-14(13)18(9-17-12)8-10-4-2-1-3-5-10/h1-7,17H,8-9,16H2. The number of halogens is 1. The van der Waals surface area contributed by atoms with Crippen LogP contribution in [0.3, 0.4) is 0 Å². The molecule has 0 aliphatic carbocycles. The fourth-order valence-electron chi connectivity index (χ4n) is 2.23. The molecule has 0 bridgehead atoms. The Morgan fingerprint density at radius 2 is 1.94 bits per heavy atom.